The van der Waals surface area contributed by atoms with E-state index in [2.05, 4.69) is 21.6 Å². The number of aromatic nitrogens is 4. The van der Waals surface area contributed by atoms with Crippen LogP contribution in [0.2, 0.25) is 0 Å². The van der Waals surface area contributed by atoms with E-state index >= 15 is 0 Å². The van der Waals surface area contributed by atoms with E-state index in [9.17, 15) is 4.79 Å². The average Bonchev–Trinajstić information content (AvgIpc) is 3.16. The van der Waals surface area contributed by atoms with Crippen LogP contribution in [0, 0.1) is 20.8 Å². The Labute approximate surface area is 160 Å². The van der Waals surface area contributed by atoms with Crippen LogP contribution in [0.1, 0.15) is 58.5 Å². The summed E-state index contributed by atoms with van der Waals surface area (Å²) < 4.78 is 3.85. The summed E-state index contributed by atoms with van der Waals surface area (Å²) >= 11 is 0. The number of benzene rings is 1. The van der Waals surface area contributed by atoms with Gasteiger partial charge in [-0.05, 0) is 58.4 Å². The van der Waals surface area contributed by atoms with E-state index in [0.29, 0.717) is 12.1 Å². The van der Waals surface area contributed by atoms with Crippen molar-refractivity contribution in [2.24, 2.45) is 0 Å². The molecule has 2 heterocycles. The molecule has 0 radical (unpaired) electrons. The quantitative estimate of drug-likeness (QED) is 0.726. The van der Waals surface area contributed by atoms with Gasteiger partial charge in [0.2, 0.25) is 0 Å². The molecule has 1 amide bonds. The lowest BCUT2D eigenvalue weighted by Gasteiger charge is -2.14. The van der Waals surface area contributed by atoms with Crippen LogP contribution in [0.5, 0.6) is 0 Å². The molecule has 1 unspecified atom stereocenters. The molecule has 0 aliphatic carbocycles. The van der Waals surface area contributed by atoms with E-state index in [0.717, 1.165) is 34.8 Å². The van der Waals surface area contributed by atoms with Crippen LogP contribution in [0.4, 0.5) is 0 Å². The van der Waals surface area contributed by atoms with Gasteiger partial charge in [-0.25, -0.2) is 0 Å². The Hall–Kier alpha value is -2.89. The maximum absolute atomic E-state index is 12.7. The first-order valence-electron chi connectivity index (χ1n) is 9.32. The van der Waals surface area contributed by atoms with Crippen molar-refractivity contribution in [3.8, 4) is 0 Å². The normalized spacial score (nSPS) is 12.2. The van der Waals surface area contributed by atoms with Crippen LogP contribution in [-0.4, -0.2) is 25.5 Å². The lowest BCUT2D eigenvalue weighted by molar-refractivity contribution is 0.0939. The van der Waals surface area contributed by atoms with Gasteiger partial charge in [-0.3, -0.25) is 14.2 Å². The topological polar surface area (TPSA) is 64.7 Å². The first-order chi connectivity index (χ1) is 12.9. The summed E-state index contributed by atoms with van der Waals surface area (Å²) in [5, 5.41) is 12.0. The lowest BCUT2D eigenvalue weighted by atomic mass is 10.1. The number of carbonyl (C=O) groups excluding carboxylic acids is 1. The van der Waals surface area contributed by atoms with E-state index in [1.165, 1.54) is 0 Å². The van der Waals surface area contributed by atoms with Gasteiger partial charge in [-0.1, -0.05) is 12.1 Å². The summed E-state index contributed by atoms with van der Waals surface area (Å²) in [7, 11) is 0. The number of carbonyl (C=O) groups is 1. The minimum absolute atomic E-state index is 0.0821. The zero-order valence-electron chi connectivity index (χ0n) is 16.7. The Kier molecular flexibility index (Phi) is 5.44. The predicted octanol–water partition coefficient (Wildman–Crippen LogP) is 3.56. The summed E-state index contributed by atoms with van der Waals surface area (Å²) in [4.78, 5) is 12.7. The van der Waals surface area contributed by atoms with Crippen LogP contribution < -0.4 is 5.32 Å². The molecule has 0 aliphatic heterocycles. The number of hydrogen-bond donors (Lipinski definition) is 1. The lowest BCUT2D eigenvalue weighted by Crippen LogP contribution is -2.27. The Morgan fingerprint density at radius 3 is 2.59 bits per heavy atom. The minimum atomic E-state index is -0.0996. The SMILES string of the molecule is CCn1cc(C(C)NC(=O)c2cccc(Cn3nc(C)cc3C)c2)c(C)n1. The summed E-state index contributed by atoms with van der Waals surface area (Å²) in [6.07, 6.45) is 2.00. The summed E-state index contributed by atoms with van der Waals surface area (Å²) in [5.41, 5.74) is 5.81. The zero-order chi connectivity index (χ0) is 19.6. The van der Waals surface area contributed by atoms with E-state index < -0.39 is 0 Å². The fourth-order valence-electron chi connectivity index (χ4n) is 3.30. The molecular formula is C21H27N5O. The Morgan fingerprint density at radius 2 is 1.96 bits per heavy atom. The van der Waals surface area contributed by atoms with Gasteiger partial charge in [0.25, 0.3) is 5.91 Å². The molecule has 3 rings (SSSR count). The van der Waals surface area contributed by atoms with E-state index in [4.69, 9.17) is 0 Å². The molecule has 2 aromatic heterocycles. The maximum atomic E-state index is 12.7. The molecule has 0 spiro atoms. The van der Waals surface area contributed by atoms with Crippen molar-refractivity contribution < 1.29 is 4.79 Å². The highest BCUT2D eigenvalue weighted by Gasteiger charge is 2.16. The van der Waals surface area contributed by atoms with Crippen LogP contribution >= 0.6 is 0 Å². The molecule has 0 aliphatic rings. The molecule has 0 bridgehead atoms. The molecular weight excluding hydrogens is 338 g/mol. The van der Waals surface area contributed by atoms with Gasteiger partial charge >= 0.3 is 0 Å². The molecule has 1 atom stereocenters. The van der Waals surface area contributed by atoms with E-state index in [1.54, 1.807) is 0 Å². The molecule has 6 nitrogen and oxygen atoms in total. The average molecular weight is 365 g/mol. The third kappa shape index (κ3) is 4.27. The first kappa shape index (κ1) is 18.9. The second-order valence-corrected chi connectivity index (χ2v) is 7.01. The minimum Gasteiger partial charge on any atom is -0.345 e. The highest BCUT2D eigenvalue weighted by atomic mass is 16.1. The molecule has 1 aromatic carbocycles. The molecule has 0 saturated heterocycles. The van der Waals surface area contributed by atoms with Gasteiger partial charge in [0, 0.05) is 29.6 Å². The van der Waals surface area contributed by atoms with Crippen molar-refractivity contribution in [3.63, 3.8) is 0 Å². The van der Waals surface area contributed by atoms with Crippen LogP contribution in [0.25, 0.3) is 0 Å². The molecule has 0 saturated carbocycles. The Bertz CT molecular complexity index is 953. The summed E-state index contributed by atoms with van der Waals surface area (Å²) in [6.45, 7) is 11.5. The molecule has 142 valence electrons. The van der Waals surface area contributed by atoms with Crippen LogP contribution in [-0.2, 0) is 13.1 Å². The standard InChI is InChI=1S/C21H27N5O/c1-6-25-13-20(17(5)24-25)16(4)22-21(27)19-9-7-8-18(11-19)12-26-15(3)10-14(2)23-26/h7-11,13,16H,6,12H2,1-5H3,(H,22,27). The maximum Gasteiger partial charge on any atom is 0.251 e. The van der Waals surface area contributed by atoms with Crippen LogP contribution in [0.3, 0.4) is 0 Å². The molecule has 3 aromatic rings. The van der Waals surface area contributed by atoms with Gasteiger partial charge < -0.3 is 5.32 Å². The van der Waals surface area contributed by atoms with Crippen molar-refractivity contribution in [2.75, 3.05) is 0 Å². The summed E-state index contributed by atoms with van der Waals surface area (Å²) in [6, 6.07) is 9.66. The van der Waals surface area contributed by atoms with Crippen molar-refractivity contribution >= 4 is 5.91 Å². The van der Waals surface area contributed by atoms with Crippen molar-refractivity contribution in [1.29, 1.82) is 0 Å². The third-order valence-corrected chi connectivity index (χ3v) is 4.75. The Balaban J connectivity index is 1.73. The van der Waals surface area contributed by atoms with E-state index in [-0.39, 0.29) is 11.9 Å². The molecule has 0 fully saturated rings. The first-order valence-corrected chi connectivity index (χ1v) is 9.32. The fourth-order valence-corrected chi connectivity index (χ4v) is 3.30. The highest BCUT2D eigenvalue weighted by molar-refractivity contribution is 5.94. The van der Waals surface area contributed by atoms with Crippen molar-refractivity contribution in [3.05, 3.63) is 70.3 Å². The number of rotatable bonds is 6. The van der Waals surface area contributed by atoms with Crippen molar-refractivity contribution in [1.82, 2.24) is 24.9 Å². The largest absolute Gasteiger partial charge is 0.345 e. The van der Waals surface area contributed by atoms with E-state index in [1.807, 2.05) is 74.4 Å². The monoisotopic (exact) mass is 365 g/mol. The van der Waals surface area contributed by atoms with Gasteiger partial charge in [0.05, 0.1) is 24.0 Å². The second kappa shape index (κ2) is 7.78. The smallest absolute Gasteiger partial charge is 0.251 e. The van der Waals surface area contributed by atoms with Gasteiger partial charge in [0.1, 0.15) is 0 Å². The summed E-state index contributed by atoms with van der Waals surface area (Å²) in [5.74, 6) is -0.0821. The predicted molar refractivity (Wildman–Crippen MR) is 106 cm³/mol. The van der Waals surface area contributed by atoms with Gasteiger partial charge in [0.15, 0.2) is 0 Å². The number of nitrogens with zero attached hydrogens (tertiary/aromatic N) is 4. The molecule has 1 N–H and O–H groups in total. The molecule has 27 heavy (non-hydrogen) atoms. The number of aryl methyl sites for hydroxylation is 4. The number of hydrogen-bond acceptors (Lipinski definition) is 3. The second-order valence-electron chi connectivity index (χ2n) is 7.01. The van der Waals surface area contributed by atoms with Gasteiger partial charge in [-0.15, -0.1) is 0 Å². The van der Waals surface area contributed by atoms with Gasteiger partial charge in [-0.2, -0.15) is 10.2 Å². The zero-order valence-corrected chi connectivity index (χ0v) is 16.7. The van der Waals surface area contributed by atoms with Crippen LogP contribution in [0.15, 0.2) is 36.5 Å². The molecule has 6 heteroatoms. The fraction of sp³-hybridized carbons (Fsp3) is 0.381. The highest BCUT2D eigenvalue weighted by Crippen LogP contribution is 2.17. The Morgan fingerprint density at radius 1 is 1.19 bits per heavy atom. The third-order valence-electron chi connectivity index (χ3n) is 4.75. The van der Waals surface area contributed by atoms with Crippen molar-refractivity contribution in [2.45, 2.75) is 53.8 Å². The number of amides is 1. The number of nitrogens with one attached hydrogen (secondary N) is 1.